The topological polar surface area (TPSA) is 71.2 Å². The van der Waals surface area contributed by atoms with Gasteiger partial charge in [0.2, 0.25) is 0 Å². The van der Waals surface area contributed by atoms with Crippen LogP contribution in [0.1, 0.15) is 24.5 Å². The molecule has 9 heteroatoms. The molecule has 0 N–H and O–H groups in total. The van der Waals surface area contributed by atoms with Crippen molar-refractivity contribution in [2.75, 3.05) is 6.61 Å². The Morgan fingerprint density at radius 2 is 1.78 bits per heavy atom. The molecule has 0 amide bonds. The van der Waals surface area contributed by atoms with Gasteiger partial charge in [0.25, 0.3) is 6.43 Å². The number of hydrogen-bond acceptors (Lipinski definition) is 5. The maximum atomic E-state index is 13.2. The number of para-hydroxylation sites is 1. The van der Waals surface area contributed by atoms with Gasteiger partial charge in [0.05, 0.1) is 23.4 Å². The number of tetrazole rings is 1. The number of ether oxygens (including phenoxy) is 2. The third kappa shape index (κ3) is 3.81. The van der Waals surface area contributed by atoms with E-state index in [9.17, 15) is 13.6 Å². The SMILES string of the molecule is CCOc1cccc(-n2nnn(C)c2=O)c1COc1ccccc1C(F)F. The fourth-order valence-electron chi connectivity index (χ4n) is 2.60. The van der Waals surface area contributed by atoms with Gasteiger partial charge in [-0.05, 0) is 41.6 Å². The highest BCUT2D eigenvalue weighted by Crippen LogP contribution is 2.31. The number of hydrogen-bond donors (Lipinski definition) is 0. The van der Waals surface area contributed by atoms with Crippen molar-refractivity contribution in [1.82, 2.24) is 19.8 Å². The maximum absolute atomic E-state index is 13.2. The molecule has 3 aromatic rings. The largest absolute Gasteiger partial charge is 0.493 e. The molecule has 1 heterocycles. The first-order chi connectivity index (χ1) is 13.0. The van der Waals surface area contributed by atoms with Gasteiger partial charge in [-0.2, -0.15) is 9.36 Å². The minimum Gasteiger partial charge on any atom is -0.493 e. The summed E-state index contributed by atoms with van der Waals surface area (Å²) in [6.45, 7) is 2.12. The highest BCUT2D eigenvalue weighted by atomic mass is 19.3. The summed E-state index contributed by atoms with van der Waals surface area (Å²) in [6, 6.07) is 11.0. The first-order valence-electron chi connectivity index (χ1n) is 8.26. The summed E-state index contributed by atoms with van der Waals surface area (Å²) in [6.07, 6.45) is -2.66. The van der Waals surface area contributed by atoms with E-state index >= 15 is 0 Å². The molecule has 0 fully saturated rings. The normalized spacial score (nSPS) is 11.0. The molecule has 0 bridgehead atoms. The summed E-state index contributed by atoms with van der Waals surface area (Å²) < 4.78 is 39.8. The second-order valence-corrected chi connectivity index (χ2v) is 5.61. The molecule has 0 saturated heterocycles. The molecule has 0 aliphatic carbocycles. The molecule has 142 valence electrons. The van der Waals surface area contributed by atoms with Crippen molar-refractivity contribution in [1.29, 1.82) is 0 Å². The number of benzene rings is 2. The zero-order valence-electron chi connectivity index (χ0n) is 14.8. The van der Waals surface area contributed by atoms with Gasteiger partial charge < -0.3 is 9.47 Å². The molecule has 0 aliphatic heterocycles. The van der Waals surface area contributed by atoms with Crippen molar-refractivity contribution in [3.8, 4) is 17.2 Å². The number of nitrogens with zero attached hydrogens (tertiary/aromatic N) is 4. The standard InChI is InChI=1S/C18H18F2N4O3/c1-3-26-16-10-6-8-14(24-18(25)23(2)21-22-24)13(16)11-27-15-9-5-4-7-12(15)17(19)20/h4-10,17H,3,11H2,1-2H3. The molecule has 7 nitrogen and oxygen atoms in total. The van der Waals surface area contributed by atoms with Crippen LogP contribution in [0.25, 0.3) is 5.69 Å². The fraction of sp³-hybridized carbons (Fsp3) is 0.278. The van der Waals surface area contributed by atoms with Crippen LogP contribution in [0.3, 0.4) is 0 Å². The van der Waals surface area contributed by atoms with Crippen molar-refractivity contribution >= 4 is 0 Å². The molecule has 0 atom stereocenters. The van der Waals surface area contributed by atoms with Crippen LogP contribution < -0.4 is 15.2 Å². The summed E-state index contributed by atoms with van der Waals surface area (Å²) in [4.78, 5) is 12.2. The molecule has 3 rings (SSSR count). The lowest BCUT2D eigenvalue weighted by molar-refractivity contribution is 0.144. The van der Waals surface area contributed by atoms with E-state index in [1.165, 1.54) is 25.2 Å². The van der Waals surface area contributed by atoms with Gasteiger partial charge in [-0.1, -0.05) is 18.2 Å². The van der Waals surface area contributed by atoms with Crippen molar-refractivity contribution in [2.24, 2.45) is 7.05 Å². The average molecular weight is 376 g/mol. The Labute approximate surface area is 153 Å². The zero-order chi connectivity index (χ0) is 19.4. The van der Waals surface area contributed by atoms with Crippen molar-refractivity contribution in [3.05, 3.63) is 64.1 Å². The van der Waals surface area contributed by atoms with Crippen molar-refractivity contribution < 1.29 is 18.3 Å². The van der Waals surface area contributed by atoms with Crippen LogP contribution in [0.5, 0.6) is 11.5 Å². The number of aryl methyl sites for hydroxylation is 1. The minimum atomic E-state index is -2.66. The Balaban J connectivity index is 2.01. The molecule has 0 spiro atoms. The van der Waals surface area contributed by atoms with E-state index in [2.05, 4.69) is 10.4 Å². The van der Waals surface area contributed by atoms with Crippen LogP contribution in [0, 0.1) is 0 Å². The quantitative estimate of drug-likeness (QED) is 0.634. The Bertz CT molecular complexity index is 985. The fourth-order valence-corrected chi connectivity index (χ4v) is 2.60. The molecule has 1 aromatic heterocycles. The van der Waals surface area contributed by atoms with Gasteiger partial charge >= 0.3 is 5.69 Å². The molecule has 0 radical (unpaired) electrons. The van der Waals surface area contributed by atoms with Crippen LogP contribution in [0.4, 0.5) is 8.78 Å². The minimum absolute atomic E-state index is 0.0660. The van der Waals surface area contributed by atoms with E-state index < -0.39 is 12.1 Å². The Kier molecular flexibility index (Phi) is 5.49. The molecule has 27 heavy (non-hydrogen) atoms. The third-order valence-electron chi connectivity index (χ3n) is 3.88. The smallest absolute Gasteiger partial charge is 0.368 e. The van der Waals surface area contributed by atoms with E-state index in [1.54, 1.807) is 24.3 Å². The highest BCUT2D eigenvalue weighted by Gasteiger charge is 2.18. The average Bonchev–Trinajstić information content (AvgIpc) is 2.99. The number of alkyl halides is 2. The lowest BCUT2D eigenvalue weighted by atomic mass is 10.1. The third-order valence-corrected chi connectivity index (χ3v) is 3.88. The van der Waals surface area contributed by atoms with E-state index in [-0.39, 0.29) is 17.9 Å². The lowest BCUT2D eigenvalue weighted by Crippen LogP contribution is -2.23. The highest BCUT2D eigenvalue weighted by molar-refractivity contribution is 5.49. The van der Waals surface area contributed by atoms with E-state index in [0.29, 0.717) is 23.6 Å². The first-order valence-corrected chi connectivity index (χ1v) is 8.26. The molecule has 2 aromatic carbocycles. The van der Waals surface area contributed by atoms with Crippen LogP contribution in [0.15, 0.2) is 47.3 Å². The first kappa shape index (κ1) is 18.6. The zero-order valence-corrected chi connectivity index (χ0v) is 14.8. The summed E-state index contributed by atoms with van der Waals surface area (Å²) >= 11 is 0. The van der Waals surface area contributed by atoms with Gasteiger partial charge in [-0.15, -0.1) is 0 Å². The second kappa shape index (κ2) is 7.98. The number of rotatable bonds is 7. The summed E-state index contributed by atoms with van der Waals surface area (Å²) in [5, 5.41) is 7.54. The molecule has 0 saturated carbocycles. The van der Waals surface area contributed by atoms with Crippen LogP contribution in [-0.4, -0.2) is 26.4 Å². The number of halogens is 2. The van der Waals surface area contributed by atoms with E-state index in [1.807, 2.05) is 6.92 Å². The van der Waals surface area contributed by atoms with Crippen LogP contribution >= 0.6 is 0 Å². The van der Waals surface area contributed by atoms with Gasteiger partial charge in [0.15, 0.2) is 0 Å². The van der Waals surface area contributed by atoms with Crippen molar-refractivity contribution in [3.63, 3.8) is 0 Å². The molecular weight excluding hydrogens is 358 g/mol. The van der Waals surface area contributed by atoms with Gasteiger partial charge in [-0.25, -0.2) is 13.6 Å². The second-order valence-electron chi connectivity index (χ2n) is 5.61. The summed E-state index contributed by atoms with van der Waals surface area (Å²) in [5.74, 6) is 0.540. The monoisotopic (exact) mass is 376 g/mol. The molecular formula is C18H18F2N4O3. The van der Waals surface area contributed by atoms with E-state index in [0.717, 1.165) is 9.36 Å². The lowest BCUT2D eigenvalue weighted by Gasteiger charge is -2.16. The van der Waals surface area contributed by atoms with Gasteiger partial charge in [0, 0.05) is 7.05 Å². The predicted octanol–water partition coefficient (Wildman–Crippen LogP) is 2.88. The van der Waals surface area contributed by atoms with E-state index in [4.69, 9.17) is 9.47 Å². The summed E-state index contributed by atoms with van der Waals surface area (Å²) in [7, 11) is 1.48. The van der Waals surface area contributed by atoms with Crippen LogP contribution in [0.2, 0.25) is 0 Å². The Hall–Kier alpha value is -3.23. The number of aromatic nitrogens is 4. The van der Waals surface area contributed by atoms with Crippen molar-refractivity contribution in [2.45, 2.75) is 20.0 Å². The molecule has 0 aliphatic rings. The van der Waals surface area contributed by atoms with Gasteiger partial charge in [0.1, 0.15) is 18.1 Å². The predicted molar refractivity (Wildman–Crippen MR) is 93.5 cm³/mol. The molecule has 0 unspecified atom stereocenters. The maximum Gasteiger partial charge on any atom is 0.368 e. The Morgan fingerprint density at radius 3 is 2.44 bits per heavy atom. The van der Waals surface area contributed by atoms with Gasteiger partial charge in [-0.3, -0.25) is 0 Å². The van der Waals surface area contributed by atoms with Crippen LogP contribution in [-0.2, 0) is 13.7 Å². The summed E-state index contributed by atoms with van der Waals surface area (Å²) in [5.41, 5.74) is 0.266. The Morgan fingerprint density at radius 1 is 1.04 bits per heavy atom.